The summed E-state index contributed by atoms with van der Waals surface area (Å²) in [5.41, 5.74) is -3.11. The Morgan fingerprint density at radius 1 is 0.433 bits per heavy atom. The Bertz CT molecular complexity index is 2650. The van der Waals surface area contributed by atoms with Crippen LogP contribution in [0.15, 0.2) is 0 Å². The number of ether oxygens (including phenoxy) is 12. The average molecular weight is 1400 g/mol. The lowest BCUT2D eigenvalue weighted by atomic mass is 9.31. The number of carbonyl (C=O) groups excluding carboxylic acids is 1. The van der Waals surface area contributed by atoms with Gasteiger partial charge in [0.05, 0.1) is 57.3 Å². The van der Waals surface area contributed by atoms with E-state index < -0.39 is 234 Å². The molecule has 0 bridgehead atoms. The van der Waals surface area contributed by atoms with Crippen LogP contribution in [0.25, 0.3) is 0 Å². The lowest BCUT2D eigenvalue weighted by Crippen LogP contribution is -2.69. The highest BCUT2D eigenvalue weighted by atomic mass is 16.8. The van der Waals surface area contributed by atoms with Crippen LogP contribution < -0.4 is 0 Å². The summed E-state index contributed by atoms with van der Waals surface area (Å²) in [6.45, 7) is 10.9. The molecule has 5 saturated carbocycles. The van der Waals surface area contributed by atoms with Gasteiger partial charge in [-0.15, -0.1) is 0 Å². The zero-order valence-corrected chi connectivity index (χ0v) is 56.0. The minimum Gasteiger partial charge on any atom is -0.432 e. The van der Waals surface area contributed by atoms with E-state index in [1.54, 1.807) is 0 Å². The Balaban J connectivity index is 0.753. The first kappa shape index (κ1) is 76.4. The number of aliphatic hydroxyl groups is 19. The molecular formula is C65H108O32. The zero-order valence-electron chi connectivity index (χ0n) is 56.0. The van der Waals surface area contributed by atoms with Gasteiger partial charge in [0.2, 0.25) is 6.29 Å². The molecule has 39 atom stereocenters. The Morgan fingerprint density at radius 2 is 0.990 bits per heavy atom. The molecule has 0 aromatic rings. The Kier molecular flexibility index (Phi) is 22.8. The summed E-state index contributed by atoms with van der Waals surface area (Å²) >= 11 is 0. The molecule has 6 aliphatic heterocycles. The van der Waals surface area contributed by atoms with E-state index >= 15 is 4.79 Å². The molecule has 560 valence electrons. The first-order valence-electron chi connectivity index (χ1n) is 34.6. The molecule has 0 amide bonds. The number of rotatable bonds is 17. The van der Waals surface area contributed by atoms with E-state index in [9.17, 15) is 97.0 Å². The maximum Gasteiger partial charge on any atom is 0.314 e. The highest BCUT2D eigenvalue weighted by Gasteiger charge is 2.73. The lowest BCUT2D eigenvalue weighted by Gasteiger charge is -2.73. The molecule has 0 spiro atoms. The molecule has 0 unspecified atom stereocenters. The Labute approximate surface area is 562 Å². The van der Waals surface area contributed by atoms with Crippen molar-refractivity contribution in [1.29, 1.82) is 0 Å². The van der Waals surface area contributed by atoms with Gasteiger partial charge in [-0.1, -0.05) is 41.5 Å². The lowest BCUT2D eigenvalue weighted by molar-refractivity contribution is -0.393. The molecular weight excluding hydrogens is 1290 g/mol. The molecule has 0 radical (unpaired) electrons. The van der Waals surface area contributed by atoms with Crippen molar-refractivity contribution in [3.8, 4) is 0 Å². The Morgan fingerprint density at radius 3 is 1.66 bits per heavy atom. The van der Waals surface area contributed by atoms with Gasteiger partial charge in [0, 0.05) is 5.41 Å². The topological polar surface area (TPSA) is 512 Å². The predicted molar refractivity (Wildman–Crippen MR) is 322 cm³/mol. The molecule has 11 aliphatic rings. The van der Waals surface area contributed by atoms with Crippen LogP contribution in [0.4, 0.5) is 0 Å². The summed E-state index contributed by atoms with van der Waals surface area (Å²) in [6.07, 6.45) is -43.4. The van der Waals surface area contributed by atoms with E-state index in [1.165, 1.54) is 6.92 Å². The fraction of sp³-hybridized carbons (Fsp3) is 0.985. The molecule has 6 heterocycles. The number of esters is 1. The van der Waals surface area contributed by atoms with Gasteiger partial charge in [-0.25, -0.2) is 0 Å². The van der Waals surface area contributed by atoms with Gasteiger partial charge in [0.15, 0.2) is 31.5 Å². The number of hydrogen-bond acceptors (Lipinski definition) is 32. The largest absolute Gasteiger partial charge is 0.432 e. The first-order chi connectivity index (χ1) is 45.6. The van der Waals surface area contributed by atoms with Gasteiger partial charge in [-0.2, -0.15) is 0 Å². The molecule has 32 heteroatoms. The van der Waals surface area contributed by atoms with Gasteiger partial charge in [0.1, 0.15) is 134 Å². The van der Waals surface area contributed by atoms with Crippen molar-refractivity contribution in [3.05, 3.63) is 0 Å². The summed E-state index contributed by atoms with van der Waals surface area (Å²) < 4.78 is 71.0. The predicted octanol–water partition coefficient (Wildman–Crippen LogP) is -5.67. The standard InChI is InChI=1S/C65H108O32/c1-25-36(71)43(78)52(96-54-45(80)37(72)28(70)22-86-54)58(88-25)95-51-40(75)30(20-67)90-57(49(51)84)94-50-31(21-68)91-55(48(83)44(50)79)93-35-11-12-61(4)33(62(35,5)24-69)10-13-64(7)34(61)9-8-26-27-18-60(2,3)14-16-65(27,17-15-63(26,64)6)59(85)97-56-47(82)42(77)39(74)32(92-56)23-87-53-46(81)41(76)38(73)29(19-66)89-53/h25-58,66-84H,8-24H2,1-7H3/t25-,26-,27-,28-,29+,30+,31+,32+,33+,34+,35-,36-,37-,38+,39+,40+,41-,42-,43+,44+,45+,46+,47+,48+,49+,50+,51-,52+,53+,54-,55-,56-,57-,58-,61-,62+,63+,64+,65-/m0/s1. The van der Waals surface area contributed by atoms with Crippen LogP contribution in [0.1, 0.15) is 119 Å². The van der Waals surface area contributed by atoms with Crippen molar-refractivity contribution in [2.24, 2.45) is 56.2 Å². The van der Waals surface area contributed by atoms with E-state index in [-0.39, 0.29) is 51.9 Å². The highest BCUT2D eigenvalue weighted by molar-refractivity contribution is 5.78. The van der Waals surface area contributed by atoms with E-state index in [0.29, 0.717) is 51.4 Å². The quantitative estimate of drug-likeness (QED) is 0.0477. The van der Waals surface area contributed by atoms with Gasteiger partial charge >= 0.3 is 5.97 Å². The third kappa shape index (κ3) is 13.2. The van der Waals surface area contributed by atoms with Crippen LogP contribution in [0.2, 0.25) is 0 Å². The highest BCUT2D eigenvalue weighted by Crippen LogP contribution is 2.77. The normalized spacial score (nSPS) is 55.5. The fourth-order valence-corrected chi connectivity index (χ4v) is 19.8. The number of aliphatic hydroxyl groups excluding tert-OH is 19. The van der Waals surface area contributed by atoms with Gasteiger partial charge < -0.3 is 154 Å². The van der Waals surface area contributed by atoms with Crippen molar-refractivity contribution in [1.82, 2.24) is 0 Å². The molecule has 5 aliphatic carbocycles. The molecule has 6 saturated heterocycles. The van der Waals surface area contributed by atoms with E-state index in [1.807, 2.05) is 6.92 Å². The molecule has 11 fully saturated rings. The average Bonchev–Trinajstić information content (AvgIpc) is 0.675. The number of carbonyl (C=O) groups is 1. The second-order valence-electron chi connectivity index (χ2n) is 31.7. The summed E-state index contributed by atoms with van der Waals surface area (Å²) in [5.74, 6) is -0.762. The monoisotopic (exact) mass is 1400 g/mol. The van der Waals surface area contributed by atoms with Gasteiger partial charge in [-0.05, 0) is 123 Å². The molecule has 11 rings (SSSR count). The maximum absolute atomic E-state index is 15.2. The molecule has 0 aromatic heterocycles. The number of fused-ring (bicyclic) bond motifs is 7. The number of hydrogen-bond donors (Lipinski definition) is 19. The fourth-order valence-electron chi connectivity index (χ4n) is 19.8. The van der Waals surface area contributed by atoms with E-state index in [2.05, 4.69) is 34.6 Å². The minimum absolute atomic E-state index is 0.0315. The summed E-state index contributed by atoms with van der Waals surface area (Å²) in [5, 5.41) is 207. The van der Waals surface area contributed by atoms with E-state index in [4.69, 9.17) is 56.8 Å². The third-order valence-corrected chi connectivity index (χ3v) is 26.0. The van der Waals surface area contributed by atoms with Crippen molar-refractivity contribution in [2.75, 3.05) is 39.6 Å². The first-order valence-corrected chi connectivity index (χ1v) is 34.6. The third-order valence-electron chi connectivity index (χ3n) is 26.0. The van der Waals surface area contributed by atoms with Crippen LogP contribution in [0.5, 0.6) is 0 Å². The maximum atomic E-state index is 15.2. The minimum atomic E-state index is -2.05. The SMILES string of the molecule is C[C@@H]1O[C@@H](O[C@@H]2[C@@H](O)[C@H](O[C@H]3[C@H](O)[C@@H](O)[C@H](O[C@H]4CC[C@@]5(C)[C@@H](CC[C@]6(C)[C@@H]5CC[C@H]5[C@@H]7CC(C)(C)CC[C@]7(C(=O)O[C@@H]7O[C@H](CO[C@@H]8O[C@H](CO)[C@@H](O)[C@H](O)[C@H]8O)[C@@H](O)[C@H](O)[C@H]7O)CC[C@]56C)[C@@]4(C)CO)O[C@@H]3CO)O[C@H](CO)[C@H]2O)[C@H](O[C@@H]2OC[C@H](O)[C@H](O)[C@H]2O)[C@H](O)[C@H]1O. The van der Waals surface area contributed by atoms with Crippen molar-refractivity contribution >= 4 is 5.97 Å². The van der Waals surface area contributed by atoms with Crippen LogP contribution in [0, 0.1) is 56.2 Å². The second-order valence-corrected chi connectivity index (χ2v) is 31.7. The Hall–Kier alpha value is -1.73. The molecule has 19 N–H and O–H groups in total. The summed E-state index contributed by atoms with van der Waals surface area (Å²) in [4.78, 5) is 15.2. The van der Waals surface area contributed by atoms with Crippen LogP contribution >= 0.6 is 0 Å². The van der Waals surface area contributed by atoms with Gasteiger partial charge in [-0.3, -0.25) is 4.79 Å². The van der Waals surface area contributed by atoms with Crippen LogP contribution in [0.3, 0.4) is 0 Å². The van der Waals surface area contributed by atoms with Crippen molar-refractivity contribution in [3.63, 3.8) is 0 Å². The van der Waals surface area contributed by atoms with Gasteiger partial charge in [0.25, 0.3) is 0 Å². The molecule has 32 nitrogen and oxygen atoms in total. The second kappa shape index (κ2) is 29.0. The molecule has 0 aromatic carbocycles. The molecule has 97 heavy (non-hydrogen) atoms. The zero-order chi connectivity index (χ0) is 70.7. The van der Waals surface area contributed by atoms with E-state index in [0.717, 1.165) is 19.3 Å². The van der Waals surface area contributed by atoms with Crippen LogP contribution in [-0.2, 0) is 61.6 Å². The smallest absolute Gasteiger partial charge is 0.314 e. The summed E-state index contributed by atoms with van der Waals surface area (Å²) in [7, 11) is 0. The summed E-state index contributed by atoms with van der Waals surface area (Å²) in [6, 6.07) is 0. The van der Waals surface area contributed by atoms with Crippen LogP contribution in [-0.4, -0.2) is 327 Å². The van der Waals surface area contributed by atoms with Crippen molar-refractivity contribution < 1.29 is 159 Å². The van der Waals surface area contributed by atoms with Crippen molar-refractivity contribution in [2.45, 2.75) is 303 Å².